The van der Waals surface area contributed by atoms with E-state index >= 15 is 0 Å². The fourth-order valence-electron chi connectivity index (χ4n) is 1.48. The summed E-state index contributed by atoms with van der Waals surface area (Å²) in [6.45, 7) is 3.51. The molecule has 0 unspecified atom stereocenters. The first-order valence-corrected chi connectivity index (χ1v) is 4.94. The standard InChI is InChI=1S/C10H13FN4/c11-9-10(13-4-3-12-9)14-5-8-15-6-1-2-7-15/h1-4H,5-8H2,(H,13,14). The van der Waals surface area contributed by atoms with Gasteiger partial charge in [-0.15, -0.1) is 0 Å². The van der Waals surface area contributed by atoms with Gasteiger partial charge in [0.15, 0.2) is 5.82 Å². The van der Waals surface area contributed by atoms with E-state index in [1.807, 2.05) is 0 Å². The molecule has 0 spiro atoms. The Hall–Kier alpha value is -1.49. The minimum absolute atomic E-state index is 0.227. The Morgan fingerprint density at radius 1 is 1.27 bits per heavy atom. The monoisotopic (exact) mass is 208 g/mol. The summed E-state index contributed by atoms with van der Waals surface area (Å²) in [7, 11) is 0. The van der Waals surface area contributed by atoms with Crippen LogP contribution in [0.1, 0.15) is 0 Å². The molecule has 0 aliphatic carbocycles. The molecule has 0 bridgehead atoms. The van der Waals surface area contributed by atoms with E-state index in [1.54, 1.807) is 0 Å². The number of hydrogen-bond acceptors (Lipinski definition) is 4. The summed E-state index contributed by atoms with van der Waals surface area (Å²) >= 11 is 0. The highest BCUT2D eigenvalue weighted by Gasteiger charge is 2.06. The highest BCUT2D eigenvalue weighted by atomic mass is 19.1. The molecule has 5 heteroatoms. The Morgan fingerprint density at radius 2 is 2.00 bits per heavy atom. The Labute approximate surface area is 87.8 Å². The van der Waals surface area contributed by atoms with Crippen molar-refractivity contribution in [1.29, 1.82) is 0 Å². The number of nitrogens with one attached hydrogen (secondary N) is 1. The second-order valence-corrected chi connectivity index (χ2v) is 3.35. The molecule has 0 fully saturated rings. The van der Waals surface area contributed by atoms with Gasteiger partial charge in [0, 0.05) is 38.6 Å². The van der Waals surface area contributed by atoms with E-state index in [2.05, 4.69) is 32.3 Å². The molecule has 0 atom stereocenters. The number of nitrogens with zero attached hydrogens (tertiary/aromatic N) is 3. The molecular formula is C10H13FN4. The van der Waals surface area contributed by atoms with Gasteiger partial charge in [0.1, 0.15) is 0 Å². The number of anilines is 1. The summed E-state index contributed by atoms with van der Waals surface area (Å²) in [6.07, 6.45) is 7.07. The average molecular weight is 208 g/mol. The molecule has 1 aliphatic heterocycles. The fraction of sp³-hybridized carbons (Fsp3) is 0.400. The maximum atomic E-state index is 13.0. The summed E-state index contributed by atoms with van der Waals surface area (Å²) < 4.78 is 13.0. The normalized spacial score (nSPS) is 15.8. The lowest BCUT2D eigenvalue weighted by molar-refractivity contribution is 0.366. The molecule has 1 aromatic rings. The zero-order chi connectivity index (χ0) is 10.5. The predicted molar refractivity (Wildman–Crippen MR) is 56.1 cm³/mol. The molecule has 0 aromatic carbocycles. The Balaban J connectivity index is 1.76. The van der Waals surface area contributed by atoms with Crippen molar-refractivity contribution in [2.45, 2.75) is 0 Å². The van der Waals surface area contributed by atoms with Crippen molar-refractivity contribution < 1.29 is 4.39 Å². The van der Waals surface area contributed by atoms with E-state index in [1.165, 1.54) is 12.4 Å². The van der Waals surface area contributed by atoms with Crippen LogP contribution >= 0.6 is 0 Å². The van der Waals surface area contributed by atoms with E-state index < -0.39 is 5.95 Å². The van der Waals surface area contributed by atoms with Gasteiger partial charge < -0.3 is 5.32 Å². The van der Waals surface area contributed by atoms with Crippen LogP contribution in [0.2, 0.25) is 0 Å². The van der Waals surface area contributed by atoms with Gasteiger partial charge in [0.25, 0.3) is 5.95 Å². The predicted octanol–water partition coefficient (Wildman–Crippen LogP) is 0.899. The van der Waals surface area contributed by atoms with Crippen LogP contribution in [0, 0.1) is 5.95 Å². The van der Waals surface area contributed by atoms with Crippen LogP contribution in [0.3, 0.4) is 0 Å². The third kappa shape index (κ3) is 2.73. The molecule has 80 valence electrons. The zero-order valence-corrected chi connectivity index (χ0v) is 8.36. The maximum absolute atomic E-state index is 13.0. The van der Waals surface area contributed by atoms with Crippen molar-refractivity contribution in [2.24, 2.45) is 0 Å². The van der Waals surface area contributed by atoms with Gasteiger partial charge in [-0.25, -0.2) is 9.97 Å². The summed E-state index contributed by atoms with van der Waals surface area (Å²) in [4.78, 5) is 9.62. The molecule has 0 saturated heterocycles. The van der Waals surface area contributed by atoms with Crippen molar-refractivity contribution in [3.8, 4) is 0 Å². The lowest BCUT2D eigenvalue weighted by Crippen LogP contribution is -2.26. The molecule has 0 amide bonds. The molecule has 0 radical (unpaired) electrons. The van der Waals surface area contributed by atoms with Crippen LogP contribution < -0.4 is 5.32 Å². The van der Waals surface area contributed by atoms with Crippen LogP contribution in [0.4, 0.5) is 10.2 Å². The lowest BCUT2D eigenvalue weighted by Gasteiger charge is -2.14. The second-order valence-electron chi connectivity index (χ2n) is 3.35. The molecule has 4 nitrogen and oxygen atoms in total. The maximum Gasteiger partial charge on any atom is 0.255 e. The van der Waals surface area contributed by atoms with E-state index in [0.717, 1.165) is 19.6 Å². The van der Waals surface area contributed by atoms with Gasteiger partial charge >= 0.3 is 0 Å². The molecule has 2 rings (SSSR count). The Morgan fingerprint density at radius 3 is 2.73 bits per heavy atom. The van der Waals surface area contributed by atoms with Crippen molar-refractivity contribution in [3.63, 3.8) is 0 Å². The van der Waals surface area contributed by atoms with Gasteiger partial charge in [0.05, 0.1) is 0 Å². The largest absolute Gasteiger partial charge is 0.365 e. The highest BCUT2D eigenvalue weighted by molar-refractivity contribution is 5.31. The Kier molecular flexibility index (Phi) is 3.24. The molecule has 1 aliphatic rings. The Bertz CT molecular complexity index is 345. The SMILES string of the molecule is Fc1nccnc1NCCN1CC=CC1. The van der Waals surface area contributed by atoms with Gasteiger partial charge in [-0.1, -0.05) is 12.2 Å². The van der Waals surface area contributed by atoms with E-state index in [-0.39, 0.29) is 5.82 Å². The van der Waals surface area contributed by atoms with Crippen molar-refractivity contribution in [1.82, 2.24) is 14.9 Å². The van der Waals surface area contributed by atoms with Crippen LogP contribution in [0.25, 0.3) is 0 Å². The van der Waals surface area contributed by atoms with Gasteiger partial charge in [-0.2, -0.15) is 4.39 Å². The van der Waals surface area contributed by atoms with Crippen LogP contribution in [-0.2, 0) is 0 Å². The number of aromatic nitrogens is 2. The summed E-state index contributed by atoms with van der Waals surface area (Å²) in [5.74, 6) is -0.318. The second kappa shape index (κ2) is 4.84. The molecule has 1 N–H and O–H groups in total. The summed E-state index contributed by atoms with van der Waals surface area (Å²) in [5, 5.41) is 2.92. The summed E-state index contributed by atoms with van der Waals surface area (Å²) in [5.41, 5.74) is 0. The average Bonchev–Trinajstić information content (AvgIpc) is 2.74. The number of hydrogen-bond donors (Lipinski definition) is 1. The van der Waals surface area contributed by atoms with Crippen molar-refractivity contribution in [2.75, 3.05) is 31.5 Å². The zero-order valence-electron chi connectivity index (χ0n) is 8.36. The first kappa shape index (κ1) is 10.0. The first-order chi connectivity index (χ1) is 7.36. The van der Waals surface area contributed by atoms with Crippen molar-refractivity contribution >= 4 is 5.82 Å². The smallest absolute Gasteiger partial charge is 0.255 e. The van der Waals surface area contributed by atoms with E-state index in [4.69, 9.17) is 0 Å². The lowest BCUT2D eigenvalue weighted by atomic mass is 10.5. The van der Waals surface area contributed by atoms with Crippen molar-refractivity contribution in [3.05, 3.63) is 30.5 Å². The minimum Gasteiger partial charge on any atom is -0.365 e. The molecule has 2 heterocycles. The number of rotatable bonds is 4. The fourth-order valence-corrected chi connectivity index (χ4v) is 1.48. The van der Waals surface area contributed by atoms with Crippen LogP contribution in [0.5, 0.6) is 0 Å². The molecular weight excluding hydrogens is 195 g/mol. The highest BCUT2D eigenvalue weighted by Crippen LogP contribution is 2.05. The quantitative estimate of drug-likeness (QED) is 0.746. The van der Waals surface area contributed by atoms with Gasteiger partial charge in [-0.3, -0.25) is 4.90 Å². The third-order valence-electron chi connectivity index (χ3n) is 2.27. The third-order valence-corrected chi connectivity index (χ3v) is 2.27. The van der Waals surface area contributed by atoms with Gasteiger partial charge in [0.2, 0.25) is 0 Å². The number of halogens is 1. The topological polar surface area (TPSA) is 41.1 Å². The molecule has 15 heavy (non-hydrogen) atoms. The van der Waals surface area contributed by atoms with Crippen LogP contribution in [-0.4, -0.2) is 41.0 Å². The van der Waals surface area contributed by atoms with E-state index in [0.29, 0.717) is 6.54 Å². The molecule has 0 saturated carbocycles. The van der Waals surface area contributed by atoms with E-state index in [9.17, 15) is 4.39 Å². The van der Waals surface area contributed by atoms with Crippen LogP contribution in [0.15, 0.2) is 24.5 Å². The van der Waals surface area contributed by atoms with Gasteiger partial charge in [-0.05, 0) is 0 Å². The first-order valence-electron chi connectivity index (χ1n) is 4.94. The molecule has 1 aromatic heterocycles. The summed E-state index contributed by atoms with van der Waals surface area (Å²) in [6, 6.07) is 0. The minimum atomic E-state index is -0.544.